The first-order valence-electron chi connectivity index (χ1n) is 15.9. The zero-order valence-corrected chi connectivity index (χ0v) is 25.7. The predicted octanol–water partition coefficient (Wildman–Crippen LogP) is 2.01. The second-order valence-corrected chi connectivity index (χ2v) is 12.6. The number of hydrogen-bond donors (Lipinski definition) is 4. The number of nitrogens with zero attached hydrogens (tertiary/aromatic N) is 2. The molecule has 2 aliphatic heterocycles. The van der Waals surface area contributed by atoms with Crippen molar-refractivity contribution in [3.63, 3.8) is 0 Å². The van der Waals surface area contributed by atoms with Crippen LogP contribution in [0.1, 0.15) is 44.1 Å². The third-order valence-electron chi connectivity index (χ3n) is 9.48. The zero-order valence-electron chi connectivity index (χ0n) is 25.7. The van der Waals surface area contributed by atoms with Crippen molar-refractivity contribution in [1.82, 2.24) is 20.4 Å². The topological polar surface area (TPSA) is 128 Å². The fourth-order valence-electron chi connectivity index (χ4n) is 7.22. The van der Waals surface area contributed by atoms with Crippen molar-refractivity contribution >= 4 is 30.1 Å². The van der Waals surface area contributed by atoms with Crippen molar-refractivity contribution < 1.29 is 32.7 Å². The van der Waals surface area contributed by atoms with Crippen molar-refractivity contribution in [2.45, 2.75) is 75.4 Å². The van der Waals surface area contributed by atoms with Crippen molar-refractivity contribution in [3.8, 4) is 0 Å². The van der Waals surface area contributed by atoms with Gasteiger partial charge in [0.2, 0.25) is 11.8 Å². The quantitative estimate of drug-likeness (QED) is 0.316. The van der Waals surface area contributed by atoms with E-state index in [0.717, 1.165) is 35.3 Å². The summed E-state index contributed by atoms with van der Waals surface area (Å²) in [5.74, 6) is -2.12. The summed E-state index contributed by atoms with van der Waals surface area (Å²) in [5.41, 5.74) is 6.18. The molecule has 5 rings (SSSR count). The van der Waals surface area contributed by atoms with E-state index in [4.69, 9.17) is 5.73 Å². The number of likely N-dealkylation sites (tertiary alicyclic amines) is 1. The van der Waals surface area contributed by atoms with Gasteiger partial charge >= 0.3 is 12.2 Å². The van der Waals surface area contributed by atoms with Gasteiger partial charge in [-0.3, -0.25) is 19.4 Å². The smallest absolute Gasteiger partial charge is 0.390 e. The molecule has 1 saturated heterocycles. The summed E-state index contributed by atoms with van der Waals surface area (Å²) in [7, 11) is 0. The highest BCUT2D eigenvalue weighted by Crippen LogP contribution is 2.45. The number of urea groups is 1. The molecule has 6 atom stereocenters. The Morgan fingerprint density at radius 2 is 1.65 bits per heavy atom. The molecule has 0 bridgehead atoms. The van der Waals surface area contributed by atoms with Gasteiger partial charge in [0.15, 0.2) is 0 Å². The molecule has 0 spiro atoms. The lowest BCUT2D eigenvalue weighted by Gasteiger charge is -2.49. The van der Waals surface area contributed by atoms with E-state index < -0.39 is 60.6 Å². The van der Waals surface area contributed by atoms with Crippen molar-refractivity contribution in [1.29, 1.82) is 0 Å². The number of nitrogens with one attached hydrogen (secondary N) is 2. The fourth-order valence-corrected chi connectivity index (χ4v) is 7.22. The summed E-state index contributed by atoms with van der Waals surface area (Å²) < 4.78 is 43.4. The SMILES string of the molecule is NC(=O)C[C@H](NC(=O)N1C=c2ccccc2=CC1)C(=O)N[C@@H](Cc1ccccc1)[C@H](O)CN1CC[C@H]2CCCC[C@H]2[C@H]1C(F)(F)F. The third kappa shape index (κ3) is 8.27. The zero-order chi connectivity index (χ0) is 32.8. The molecule has 0 aromatic heterocycles. The van der Waals surface area contributed by atoms with Crippen LogP contribution in [0.25, 0.3) is 12.3 Å². The third-order valence-corrected chi connectivity index (χ3v) is 9.48. The molecule has 2 heterocycles. The van der Waals surface area contributed by atoms with Gasteiger partial charge < -0.3 is 21.5 Å². The Labute approximate surface area is 266 Å². The van der Waals surface area contributed by atoms with Gasteiger partial charge in [0, 0.05) is 19.3 Å². The Morgan fingerprint density at radius 1 is 0.957 bits per heavy atom. The maximum absolute atomic E-state index is 14.5. The van der Waals surface area contributed by atoms with Crippen LogP contribution in [0.15, 0.2) is 54.6 Å². The van der Waals surface area contributed by atoms with E-state index in [1.54, 1.807) is 30.5 Å². The highest BCUT2D eigenvalue weighted by molar-refractivity contribution is 5.92. The van der Waals surface area contributed by atoms with Crippen molar-refractivity contribution in [2.75, 3.05) is 19.6 Å². The number of amides is 4. The molecule has 0 unspecified atom stereocenters. The van der Waals surface area contributed by atoms with E-state index >= 15 is 0 Å². The average Bonchev–Trinajstić information content (AvgIpc) is 3.03. The standard InChI is InChI=1S/C34H42F3N5O4/c35-34(36,37)31-26-13-7-6-11-24(26)15-16-41(31)21-29(43)27(18-22-8-2-1-3-9-22)39-32(45)28(19-30(38)44)40-33(46)42-17-14-23-10-4-5-12-25(23)20-42/h1-5,8-10,12,14,20,24,26-29,31,43H,6-7,11,13,15-19,21H2,(H2,38,44)(H,39,45)(H,40,46)/t24-,26-,27+,28+,29-,31+/m1/s1. The summed E-state index contributed by atoms with van der Waals surface area (Å²) >= 11 is 0. The van der Waals surface area contributed by atoms with Gasteiger partial charge in [-0.15, -0.1) is 0 Å². The number of fused-ring (bicyclic) bond motifs is 2. The highest BCUT2D eigenvalue weighted by atomic mass is 19.4. The molecule has 12 heteroatoms. The lowest BCUT2D eigenvalue weighted by atomic mass is 9.70. The van der Waals surface area contributed by atoms with Crippen LogP contribution in [0.2, 0.25) is 0 Å². The average molecular weight is 642 g/mol. The molecule has 1 saturated carbocycles. The summed E-state index contributed by atoms with van der Waals surface area (Å²) in [6.45, 7) is 0.137. The number of alkyl halides is 3. The second kappa shape index (κ2) is 14.7. The van der Waals surface area contributed by atoms with E-state index in [-0.39, 0.29) is 32.0 Å². The minimum absolute atomic E-state index is 0.00924. The Kier molecular flexibility index (Phi) is 10.7. The van der Waals surface area contributed by atoms with Gasteiger partial charge in [0.05, 0.1) is 18.6 Å². The lowest BCUT2D eigenvalue weighted by Crippen LogP contribution is -2.61. The van der Waals surface area contributed by atoms with Gasteiger partial charge in [0.25, 0.3) is 0 Å². The Hall–Kier alpha value is -3.90. The maximum atomic E-state index is 14.5. The molecule has 0 radical (unpaired) electrons. The molecule has 5 N–H and O–H groups in total. The number of β-amino-alcohol motifs (C(OH)–C–C–N with tert-alkyl or cyclic N) is 1. The minimum Gasteiger partial charge on any atom is -0.390 e. The summed E-state index contributed by atoms with van der Waals surface area (Å²) in [6.07, 6.45) is 0.866. The fraction of sp³-hybridized carbons (Fsp3) is 0.500. The minimum atomic E-state index is -4.46. The first-order chi connectivity index (χ1) is 22.0. The van der Waals surface area contributed by atoms with Crippen LogP contribution in [-0.4, -0.2) is 82.8 Å². The first-order valence-corrected chi connectivity index (χ1v) is 15.9. The van der Waals surface area contributed by atoms with E-state index in [1.165, 1.54) is 9.80 Å². The Bertz CT molecular complexity index is 1500. The molecule has 248 valence electrons. The van der Waals surface area contributed by atoms with Crippen LogP contribution < -0.4 is 26.8 Å². The van der Waals surface area contributed by atoms with Gasteiger partial charge in [-0.1, -0.05) is 79.9 Å². The normalized spacial score (nSPS) is 23.4. The molecular weight excluding hydrogens is 599 g/mol. The Balaban J connectivity index is 1.33. The first kappa shape index (κ1) is 33.5. The molecule has 46 heavy (non-hydrogen) atoms. The number of piperidine rings is 1. The largest absolute Gasteiger partial charge is 0.404 e. The van der Waals surface area contributed by atoms with Crippen molar-refractivity contribution in [2.24, 2.45) is 17.6 Å². The number of carbonyl (C=O) groups is 3. The number of hydrogen-bond acceptors (Lipinski definition) is 5. The molecule has 3 aliphatic rings. The van der Waals surface area contributed by atoms with Gasteiger partial charge in [0.1, 0.15) is 12.1 Å². The van der Waals surface area contributed by atoms with E-state index in [1.807, 2.05) is 36.4 Å². The van der Waals surface area contributed by atoms with Crippen LogP contribution in [0.3, 0.4) is 0 Å². The molecule has 2 fully saturated rings. The lowest BCUT2D eigenvalue weighted by molar-refractivity contribution is -0.219. The second-order valence-electron chi connectivity index (χ2n) is 12.6. The van der Waals surface area contributed by atoms with Gasteiger partial charge in [-0.25, -0.2) is 4.79 Å². The van der Waals surface area contributed by atoms with Crippen LogP contribution >= 0.6 is 0 Å². The monoisotopic (exact) mass is 641 g/mol. The molecule has 9 nitrogen and oxygen atoms in total. The molecule has 1 aliphatic carbocycles. The maximum Gasteiger partial charge on any atom is 0.404 e. The van der Waals surface area contributed by atoms with Crippen LogP contribution in [0.4, 0.5) is 18.0 Å². The number of carbonyl (C=O) groups excluding carboxylic acids is 3. The number of nitrogens with two attached hydrogens (primary N) is 1. The molecule has 2 aromatic carbocycles. The summed E-state index contributed by atoms with van der Waals surface area (Å²) in [6, 6.07) is 11.8. The van der Waals surface area contributed by atoms with Crippen LogP contribution in [0.5, 0.6) is 0 Å². The van der Waals surface area contributed by atoms with E-state index in [2.05, 4.69) is 10.6 Å². The molecule has 2 aromatic rings. The van der Waals surface area contributed by atoms with Crippen molar-refractivity contribution in [3.05, 3.63) is 70.6 Å². The number of benzene rings is 2. The van der Waals surface area contributed by atoms with E-state index in [0.29, 0.717) is 12.8 Å². The summed E-state index contributed by atoms with van der Waals surface area (Å²) in [5, 5.41) is 18.6. The number of aliphatic hydroxyl groups excluding tert-OH is 1. The number of halogens is 3. The highest BCUT2D eigenvalue weighted by Gasteiger charge is 2.53. The number of aliphatic hydroxyl groups is 1. The number of rotatable bonds is 10. The van der Waals surface area contributed by atoms with Gasteiger partial charge in [-0.05, 0) is 53.6 Å². The van der Waals surface area contributed by atoms with Crippen LogP contribution in [0, 0.1) is 11.8 Å². The van der Waals surface area contributed by atoms with Crippen LogP contribution in [-0.2, 0) is 16.0 Å². The molecular formula is C34H42F3N5O4. The summed E-state index contributed by atoms with van der Waals surface area (Å²) in [4.78, 5) is 41.5. The predicted molar refractivity (Wildman–Crippen MR) is 167 cm³/mol. The van der Waals surface area contributed by atoms with Gasteiger partial charge in [-0.2, -0.15) is 13.2 Å². The molecule has 4 amide bonds. The Morgan fingerprint density at radius 3 is 2.37 bits per heavy atom. The van der Waals surface area contributed by atoms with E-state index in [9.17, 15) is 32.7 Å². The number of primary amides is 1.